The molecule has 1 saturated carbocycles. The highest BCUT2D eigenvalue weighted by molar-refractivity contribution is 7.09. The van der Waals surface area contributed by atoms with Crippen LogP contribution in [0.1, 0.15) is 56.2 Å². The van der Waals surface area contributed by atoms with Crippen molar-refractivity contribution in [3.63, 3.8) is 0 Å². The van der Waals surface area contributed by atoms with E-state index in [-0.39, 0.29) is 0 Å². The summed E-state index contributed by atoms with van der Waals surface area (Å²) in [7, 11) is 0. The molecule has 0 spiro atoms. The number of thiazole rings is 1. The molecule has 0 radical (unpaired) electrons. The molecule has 1 heterocycles. The first-order valence-electron chi connectivity index (χ1n) is 6.44. The minimum Gasteiger partial charge on any atom is -0.310 e. The van der Waals surface area contributed by atoms with Crippen molar-refractivity contribution < 1.29 is 0 Å². The van der Waals surface area contributed by atoms with Crippen molar-refractivity contribution in [1.29, 1.82) is 0 Å². The lowest BCUT2D eigenvalue weighted by Gasteiger charge is -2.09. The zero-order valence-corrected chi connectivity index (χ0v) is 11.1. The maximum atomic E-state index is 4.67. The Hall–Kier alpha value is -0.410. The molecule has 1 aliphatic rings. The molecule has 1 fully saturated rings. The fourth-order valence-corrected chi connectivity index (χ4v) is 2.84. The van der Waals surface area contributed by atoms with Gasteiger partial charge in [0.05, 0.1) is 5.69 Å². The number of aromatic nitrogens is 1. The summed E-state index contributed by atoms with van der Waals surface area (Å²) < 4.78 is 0. The third-order valence-electron chi connectivity index (χ3n) is 3.12. The molecule has 90 valence electrons. The number of hydrogen-bond donors (Lipinski definition) is 1. The lowest BCUT2D eigenvalue weighted by Crippen LogP contribution is -2.20. The monoisotopic (exact) mass is 238 g/mol. The summed E-state index contributed by atoms with van der Waals surface area (Å²) in [4.78, 5) is 4.67. The minimum atomic E-state index is 0.785. The zero-order chi connectivity index (χ0) is 11.4. The van der Waals surface area contributed by atoms with E-state index in [0.717, 1.165) is 24.9 Å². The van der Waals surface area contributed by atoms with E-state index in [1.54, 1.807) is 0 Å². The van der Waals surface area contributed by atoms with Crippen LogP contribution in [0.25, 0.3) is 0 Å². The molecule has 1 aromatic heterocycles. The molecule has 1 atom stereocenters. The van der Waals surface area contributed by atoms with Crippen molar-refractivity contribution in [2.45, 2.75) is 52.0 Å². The lowest BCUT2D eigenvalue weighted by atomic mass is 10.1. The SMILES string of the molecule is CCCC(C)CNCc1nc(C2CC2)cs1. The van der Waals surface area contributed by atoms with Gasteiger partial charge in [-0.1, -0.05) is 20.3 Å². The number of nitrogens with zero attached hydrogens (tertiary/aromatic N) is 1. The third-order valence-corrected chi connectivity index (χ3v) is 3.98. The smallest absolute Gasteiger partial charge is 0.107 e. The summed E-state index contributed by atoms with van der Waals surface area (Å²) in [6, 6.07) is 0. The average Bonchev–Trinajstić information content (AvgIpc) is 3.00. The third kappa shape index (κ3) is 3.56. The quantitative estimate of drug-likeness (QED) is 0.786. The van der Waals surface area contributed by atoms with E-state index in [4.69, 9.17) is 0 Å². The largest absolute Gasteiger partial charge is 0.310 e. The predicted molar refractivity (Wildman–Crippen MR) is 69.9 cm³/mol. The molecule has 0 saturated heterocycles. The van der Waals surface area contributed by atoms with Gasteiger partial charge in [-0.05, 0) is 31.7 Å². The van der Waals surface area contributed by atoms with Crippen LogP contribution in [0.4, 0.5) is 0 Å². The average molecular weight is 238 g/mol. The van der Waals surface area contributed by atoms with Gasteiger partial charge in [-0.25, -0.2) is 4.98 Å². The molecule has 16 heavy (non-hydrogen) atoms. The van der Waals surface area contributed by atoms with Gasteiger partial charge in [-0.15, -0.1) is 11.3 Å². The summed E-state index contributed by atoms with van der Waals surface area (Å²) in [5.41, 5.74) is 1.34. The molecule has 3 heteroatoms. The first-order chi connectivity index (χ1) is 7.79. The zero-order valence-electron chi connectivity index (χ0n) is 10.3. The molecule has 2 nitrogen and oxygen atoms in total. The molecule has 0 amide bonds. The van der Waals surface area contributed by atoms with Crippen LogP contribution in [0.5, 0.6) is 0 Å². The molecule has 1 aliphatic carbocycles. The summed E-state index contributed by atoms with van der Waals surface area (Å²) >= 11 is 1.81. The Labute approximate surface area is 102 Å². The molecule has 2 rings (SSSR count). The highest BCUT2D eigenvalue weighted by Crippen LogP contribution is 2.40. The van der Waals surface area contributed by atoms with E-state index < -0.39 is 0 Å². The fraction of sp³-hybridized carbons (Fsp3) is 0.769. The molecule has 1 aromatic rings. The van der Waals surface area contributed by atoms with Crippen molar-refractivity contribution in [3.05, 3.63) is 16.1 Å². The van der Waals surface area contributed by atoms with E-state index in [9.17, 15) is 0 Å². The van der Waals surface area contributed by atoms with Crippen molar-refractivity contribution in [1.82, 2.24) is 10.3 Å². The fourth-order valence-electron chi connectivity index (χ4n) is 1.99. The molecule has 0 aromatic carbocycles. The first-order valence-corrected chi connectivity index (χ1v) is 7.32. The topological polar surface area (TPSA) is 24.9 Å². The van der Waals surface area contributed by atoms with Crippen LogP contribution >= 0.6 is 11.3 Å². The Kier molecular flexibility index (Phi) is 4.36. The number of nitrogens with one attached hydrogen (secondary N) is 1. The van der Waals surface area contributed by atoms with Gasteiger partial charge in [0.15, 0.2) is 0 Å². The van der Waals surface area contributed by atoms with Crippen molar-refractivity contribution >= 4 is 11.3 Å². The van der Waals surface area contributed by atoms with E-state index in [0.29, 0.717) is 0 Å². The Morgan fingerprint density at radius 2 is 2.38 bits per heavy atom. The second kappa shape index (κ2) is 5.78. The van der Waals surface area contributed by atoms with E-state index in [2.05, 4.69) is 29.5 Å². The van der Waals surface area contributed by atoms with Gasteiger partial charge in [0.25, 0.3) is 0 Å². The lowest BCUT2D eigenvalue weighted by molar-refractivity contribution is 0.475. The van der Waals surface area contributed by atoms with Gasteiger partial charge in [-0.2, -0.15) is 0 Å². The highest BCUT2D eigenvalue weighted by atomic mass is 32.1. The van der Waals surface area contributed by atoms with Crippen LogP contribution in [0.3, 0.4) is 0 Å². The predicted octanol–water partition coefficient (Wildman–Crippen LogP) is 3.55. The van der Waals surface area contributed by atoms with Crippen LogP contribution in [0.15, 0.2) is 5.38 Å². The second-order valence-corrected chi connectivity index (χ2v) is 5.91. The maximum absolute atomic E-state index is 4.67. The van der Waals surface area contributed by atoms with Gasteiger partial charge in [0.1, 0.15) is 5.01 Å². The summed E-state index contributed by atoms with van der Waals surface area (Å²) in [6.45, 7) is 6.63. The Bertz CT molecular complexity index is 317. The molecular formula is C13H22N2S. The van der Waals surface area contributed by atoms with Crippen LogP contribution in [-0.2, 0) is 6.54 Å². The Morgan fingerprint density at radius 3 is 3.06 bits per heavy atom. The number of rotatable bonds is 7. The van der Waals surface area contributed by atoms with Crippen molar-refractivity contribution in [2.75, 3.05) is 6.54 Å². The van der Waals surface area contributed by atoms with E-state index in [1.165, 1.54) is 36.4 Å². The second-order valence-electron chi connectivity index (χ2n) is 4.97. The van der Waals surface area contributed by atoms with Crippen LogP contribution in [0, 0.1) is 5.92 Å². The Morgan fingerprint density at radius 1 is 1.56 bits per heavy atom. The van der Waals surface area contributed by atoms with Gasteiger partial charge < -0.3 is 5.32 Å². The van der Waals surface area contributed by atoms with Gasteiger partial charge in [-0.3, -0.25) is 0 Å². The first kappa shape index (κ1) is 12.1. The van der Waals surface area contributed by atoms with Gasteiger partial charge in [0.2, 0.25) is 0 Å². The van der Waals surface area contributed by atoms with E-state index >= 15 is 0 Å². The summed E-state index contributed by atoms with van der Waals surface area (Å²) in [5.74, 6) is 1.58. The van der Waals surface area contributed by atoms with Crippen LogP contribution in [0.2, 0.25) is 0 Å². The van der Waals surface area contributed by atoms with Crippen LogP contribution in [-0.4, -0.2) is 11.5 Å². The Balaban J connectivity index is 1.68. The number of hydrogen-bond acceptors (Lipinski definition) is 3. The van der Waals surface area contributed by atoms with Crippen molar-refractivity contribution in [2.24, 2.45) is 5.92 Å². The van der Waals surface area contributed by atoms with Crippen LogP contribution < -0.4 is 5.32 Å². The maximum Gasteiger partial charge on any atom is 0.107 e. The molecule has 1 unspecified atom stereocenters. The minimum absolute atomic E-state index is 0.785. The van der Waals surface area contributed by atoms with Gasteiger partial charge in [0, 0.05) is 17.8 Å². The molecule has 0 bridgehead atoms. The van der Waals surface area contributed by atoms with Crippen molar-refractivity contribution in [3.8, 4) is 0 Å². The standard InChI is InChI=1S/C13H22N2S/c1-3-4-10(2)7-14-8-13-15-12(9-16-13)11-5-6-11/h9-11,14H,3-8H2,1-2H3. The molecule has 0 aliphatic heterocycles. The summed E-state index contributed by atoms with van der Waals surface area (Å²) in [6.07, 6.45) is 5.30. The normalized spacial score (nSPS) is 17.6. The van der Waals surface area contributed by atoms with E-state index in [1.807, 2.05) is 11.3 Å². The summed E-state index contributed by atoms with van der Waals surface area (Å²) in [5, 5.41) is 7.00. The molecule has 1 N–H and O–H groups in total. The highest BCUT2D eigenvalue weighted by Gasteiger charge is 2.25. The van der Waals surface area contributed by atoms with Gasteiger partial charge >= 0.3 is 0 Å². The molecular weight excluding hydrogens is 216 g/mol.